The molecule has 2 aromatic carbocycles. The smallest absolute Gasteiger partial charge is 0.150 e. The highest BCUT2D eigenvalue weighted by molar-refractivity contribution is 6.06. The predicted octanol–water partition coefficient (Wildman–Crippen LogP) is 4.36. The van der Waals surface area contributed by atoms with Crippen molar-refractivity contribution >= 4 is 12.0 Å². The van der Waals surface area contributed by atoms with Crippen LogP contribution in [0.2, 0.25) is 0 Å². The molecule has 1 aliphatic rings. The summed E-state index contributed by atoms with van der Waals surface area (Å²) in [4.78, 5) is 14.2. The lowest BCUT2D eigenvalue weighted by Gasteiger charge is -2.31. The van der Waals surface area contributed by atoms with Gasteiger partial charge in [-0.05, 0) is 78.9 Å². The van der Waals surface area contributed by atoms with Crippen LogP contribution in [0.4, 0.5) is 0 Å². The number of nitrogens with zero attached hydrogens (tertiary/aromatic N) is 1. The van der Waals surface area contributed by atoms with E-state index >= 15 is 0 Å². The van der Waals surface area contributed by atoms with Gasteiger partial charge in [-0.2, -0.15) is 0 Å². The topological polar surface area (TPSA) is 65.4 Å². The SMILES string of the molecule is CCc1cc(CN(C)C2CCCOC2)c(C=O)cc1Cc1ccc(C(=N)/C=C\NC)cc1. The summed E-state index contributed by atoms with van der Waals surface area (Å²) in [6.07, 6.45) is 8.43. The average molecular weight is 434 g/mol. The molecule has 0 aliphatic carbocycles. The number of likely N-dealkylation sites (N-methyl/N-ethyl adjacent to an activating group) is 1. The number of nitrogens with one attached hydrogen (secondary N) is 2. The molecule has 1 saturated heterocycles. The standard InChI is InChI=1S/C27H35N3O2/c1-4-21-15-24(17-30(3)26-6-5-13-32-19-26)25(18-31)16-23(21)14-20-7-9-22(10-8-20)27(28)11-12-29-2/h7-12,15-16,18,26,28-29H,4-6,13-14,17,19H2,1-3H3/b12-11-,28-27?. The Morgan fingerprint density at radius 3 is 2.62 bits per heavy atom. The van der Waals surface area contributed by atoms with E-state index in [0.29, 0.717) is 11.8 Å². The maximum absolute atomic E-state index is 11.9. The fourth-order valence-corrected chi connectivity index (χ4v) is 4.25. The minimum Gasteiger partial charge on any atom is -0.394 e. The molecular formula is C27H35N3O2. The third kappa shape index (κ3) is 6.15. The highest BCUT2D eigenvalue weighted by atomic mass is 16.5. The zero-order chi connectivity index (χ0) is 22.9. The van der Waals surface area contributed by atoms with Crippen molar-refractivity contribution in [3.8, 4) is 0 Å². The maximum Gasteiger partial charge on any atom is 0.150 e. The van der Waals surface area contributed by atoms with Crippen molar-refractivity contribution in [3.63, 3.8) is 0 Å². The fourth-order valence-electron chi connectivity index (χ4n) is 4.25. The lowest BCUT2D eigenvalue weighted by atomic mass is 9.92. The first-order chi connectivity index (χ1) is 15.5. The van der Waals surface area contributed by atoms with Crippen molar-refractivity contribution in [2.75, 3.05) is 27.3 Å². The van der Waals surface area contributed by atoms with Gasteiger partial charge in [0.1, 0.15) is 6.29 Å². The van der Waals surface area contributed by atoms with Gasteiger partial charge in [0, 0.05) is 31.8 Å². The summed E-state index contributed by atoms with van der Waals surface area (Å²) in [5.74, 6) is 0. The van der Waals surface area contributed by atoms with Crippen LogP contribution >= 0.6 is 0 Å². The van der Waals surface area contributed by atoms with E-state index < -0.39 is 0 Å². The number of benzene rings is 2. The van der Waals surface area contributed by atoms with E-state index in [4.69, 9.17) is 10.1 Å². The van der Waals surface area contributed by atoms with Crippen LogP contribution in [0, 0.1) is 5.41 Å². The van der Waals surface area contributed by atoms with Gasteiger partial charge in [0.05, 0.1) is 12.3 Å². The van der Waals surface area contributed by atoms with Gasteiger partial charge in [-0.25, -0.2) is 0 Å². The normalized spacial score (nSPS) is 16.4. The second-order valence-corrected chi connectivity index (χ2v) is 8.49. The number of aryl methyl sites for hydroxylation is 1. The van der Waals surface area contributed by atoms with E-state index in [1.165, 1.54) is 16.7 Å². The molecule has 32 heavy (non-hydrogen) atoms. The van der Waals surface area contributed by atoms with E-state index in [2.05, 4.69) is 48.5 Å². The van der Waals surface area contributed by atoms with E-state index in [0.717, 1.165) is 68.4 Å². The maximum atomic E-state index is 11.9. The number of rotatable bonds is 10. The van der Waals surface area contributed by atoms with Crippen molar-refractivity contribution < 1.29 is 9.53 Å². The molecule has 5 nitrogen and oxygen atoms in total. The van der Waals surface area contributed by atoms with Gasteiger partial charge >= 0.3 is 0 Å². The van der Waals surface area contributed by atoms with E-state index in [1.807, 2.05) is 19.2 Å². The van der Waals surface area contributed by atoms with Gasteiger partial charge in [-0.1, -0.05) is 37.3 Å². The van der Waals surface area contributed by atoms with Crippen molar-refractivity contribution in [1.29, 1.82) is 5.41 Å². The minimum atomic E-state index is 0.410. The number of allylic oxidation sites excluding steroid dienone is 1. The first-order valence-corrected chi connectivity index (χ1v) is 11.4. The van der Waals surface area contributed by atoms with E-state index in [9.17, 15) is 4.79 Å². The predicted molar refractivity (Wildman–Crippen MR) is 131 cm³/mol. The zero-order valence-electron chi connectivity index (χ0n) is 19.5. The van der Waals surface area contributed by atoms with Crippen LogP contribution in [0.15, 0.2) is 48.7 Å². The summed E-state index contributed by atoms with van der Waals surface area (Å²) < 4.78 is 5.64. The Kier molecular flexibility index (Phi) is 8.77. The molecule has 5 heteroatoms. The third-order valence-corrected chi connectivity index (χ3v) is 6.22. The molecule has 3 rings (SSSR count). The van der Waals surface area contributed by atoms with Crippen LogP contribution in [-0.2, 0) is 24.1 Å². The minimum absolute atomic E-state index is 0.410. The van der Waals surface area contributed by atoms with E-state index in [-0.39, 0.29) is 0 Å². The second kappa shape index (κ2) is 11.7. The van der Waals surface area contributed by atoms with E-state index in [1.54, 1.807) is 12.3 Å². The van der Waals surface area contributed by atoms with Gasteiger partial charge in [0.15, 0.2) is 0 Å². The van der Waals surface area contributed by atoms with Crippen molar-refractivity contribution in [3.05, 3.63) is 82.1 Å². The van der Waals surface area contributed by atoms with Gasteiger partial charge in [0.25, 0.3) is 0 Å². The quantitative estimate of drug-likeness (QED) is 0.432. The van der Waals surface area contributed by atoms with Crippen LogP contribution in [0.25, 0.3) is 0 Å². The Bertz CT molecular complexity index is 944. The molecule has 170 valence electrons. The Balaban J connectivity index is 1.77. The lowest BCUT2D eigenvalue weighted by Crippen LogP contribution is -2.38. The number of aldehydes is 1. The molecule has 1 heterocycles. The molecule has 0 amide bonds. The summed E-state index contributed by atoms with van der Waals surface area (Å²) in [7, 11) is 3.94. The number of carbonyl (C=O) groups is 1. The Hall–Kier alpha value is -2.76. The Labute approximate surface area is 192 Å². The fraction of sp³-hybridized carbons (Fsp3) is 0.407. The highest BCUT2D eigenvalue weighted by Gasteiger charge is 2.20. The molecule has 0 spiro atoms. The largest absolute Gasteiger partial charge is 0.394 e. The van der Waals surface area contributed by atoms with Crippen LogP contribution in [-0.4, -0.2) is 50.2 Å². The summed E-state index contributed by atoms with van der Waals surface area (Å²) >= 11 is 0. The highest BCUT2D eigenvalue weighted by Crippen LogP contribution is 2.23. The van der Waals surface area contributed by atoms with Gasteiger partial charge in [0.2, 0.25) is 0 Å². The molecular weight excluding hydrogens is 398 g/mol. The van der Waals surface area contributed by atoms with Gasteiger partial charge < -0.3 is 15.5 Å². The molecule has 2 N–H and O–H groups in total. The third-order valence-electron chi connectivity index (χ3n) is 6.22. The summed E-state index contributed by atoms with van der Waals surface area (Å²) in [6, 6.07) is 12.8. The number of carbonyl (C=O) groups excluding carboxylic acids is 1. The van der Waals surface area contributed by atoms with Gasteiger partial charge in [-0.15, -0.1) is 0 Å². The zero-order valence-corrected chi connectivity index (χ0v) is 19.5. The number of hydrogen-bond acceptors (Lipinski definition) is 5. The van der Waals surface area contributed by atoms with Crippen LogP contribution in [0.3, 0.4) is 0 Å². The molecule has 0 radical (unpaired) electrons. The average Bonchev–Trinajstić information content (AvgIpc) is 2.84. The van der Waals surface area contributed by atoms with Crippen molar-refractivity contribution in [1.82, 2.24) is 10.2 Å². The molecule has 1 atom stereocenters. The molecule has 1 unspecified atom stereocenters. The van der Waals surface area contributed by atoms with Crippen LogP contribution in [0.1, 0.15) is 57.9 Å². The van der Waals surface area contributed by atoms with Gasteiger partial charge in [-0.3, -0.25) is 9.69 Å². The molecule has 0 bridgehead atoms. The molecule has 1 aliphatic heterocycles. The molecule has 0 saturated carbocycles. The summed E-state index contributed by atoms with van der Waals surface area (Å²) in [5.41, 5.74) is 6.88. The Morgan fingerprint density at radius 2 is 2.00 bits per heavy atom. The molecule has 2 aromatic rings. The van der Waals surface area contributed by atoms with Crippen molar-refractivity contribution in [2.45, 2.75) is 45.2 Å². The van der Waals surface area contributed by atoms with Crippen molar-refractivity contribution in [2.24, 2.45) is 0 Å². The second-order valence-electron chi connectivity index (χ2n) is 8.49. The van der Waals surface area contributed by atoms with Crippen LogP contribution in [0.5, 0.6) is 0 Å². The van der Waals surface area contributed by atoms with Crippen LogP contribution < -0.4 is 5.32 Å². The monoisotopic (exact) mass is 433 g/mol. The first kappa shape index (κ1) is 23.9. The lowest BCUT2D eigenvalue weighted by molar-refractivity contribution is 0.0249. The number of hydrogen-bond donors (Lipinski definition) is 2. The first-order valence-electron chi connectivity index (χ1n) is 11.4. The number of ether oxygens (including phenoxy) is 1. The summed E-state index contributed by atoms with van der Waals surface area (Å²) in [5, 5.41) is 11.0. The molecule has 1 fully saturated rings. The molecule has 0 aromatic heterocycles. The Morgan fingerprint density at radius 1 is 1.22 bits per heavy atom. The summed E-state index contributed by atoms with van der Waals surface area (Å²) in [6.45, 7) is 4.55.